The molecule has 7 nitrogen and oxygen atoms in total. The van der Waals surface area contributed by atoms with Gasteiger partial charge in [0, 0.05) is 30.3 Å². The lowest BCUT2D eigenvalue weighted by Crippen LogP contribution is -2.62. The van der Waals surface area contributed by atoms with Gasteiger partial charge in [-0.15, -0.1) is 0 Å². The normalized spacial score (nSPS) is 13.5. The highest BCUT2D eigenvalue weighted by Crippen LogP contribution is 2.24. The Morgan fingerprint density at radius 2 is 1.61 bits per heavy atom. The quantitative estimate of drug-likeness (QED) is 0.303. The van der Waals surface area contributed by atoms with E-state index in [1.54, 1.807) is 12.1 Å². The predicted octanol–water partition coefficient (Wildman–Crippen LogP) is 1.82. The van der Waals surface area contributed by atoms with Crippen LogP contribution in [0.4, 0.5) is 8.78 Å². The summed E-state index contributed by atoms with van der Waals surface area (Å²) in [4.78, 5) is 24.4. The third kappa shape index (κ3) is 5.86. The molecule has 0 saturated heterocycles. The van der Waals surface area contributed by atoms with E-state index in [0.29, 0.717) is 12.1 Å². The number of hydroxylamine groups is 1. The molecule has 2 atom stereocenters. The maximum atomic E-state index is 13.4. The summed E-state index contributed by atoms with van der Waals surface area (Å²) in [6.45, 7) is 1.40. The first-order chi connectivity index (χ1) is 14.7. The summed E-state index contributed by atoms with van der Waals surface area (Å²) in [6.07, 6.45) is -3.11. The number of nitrogens with two attached hydrogens (primary N) is 1. The van der Waals surface area contributed by atoms with E-state index in [0.717, 1.165) is 25.2 Å². The Morgan fingerprint density at radius 3 is 2.03 bits per heavy atom. The van der Waals surface area contributed by atoms with Crippen molar-refractivity contribution in [3.63, 3.8) is 0 Å². The summed E-state index contributed by atoms with van der Waals surface area (Å²) >= 11 is 0. The maximum absolute atomic E-state index is 13.4. The van der Waals surface area contributed by atoms with E-state index in [2.05, 4.69) is 17.2 Å². The van der Waals surface area contributed by atoms with Crippen LogP contribution in [-0.4, -0.2) is 42.2 Å². The molecule has 2 rings (SSSR count). The molecule has 2 aromatic rings. The molecule has 0 aliphatic heterocycles. The molecule has 0 fully saturated rings. The van der Waals surface area contributed by atoms with Gasteiger partial charge in [0.05, 0.1) is 0 Å². The highest BCUT2D eigenvalue weighted by atomic mass is 19.3. The van der Waals surface area contributed by atoms with E-state index < -0.39 is 29.9 Å². The van der Waals surface area contributed by atoms with Crippen molar-refractivity contribution in [3.05, 3.63) is 70.8 Å². The van der Waals surface area contributed by atoms with Gasteiger partial charge in [-0.2, -0.15) is 0 Å². The average Bonchev–Trinajstić information content (AvgIpc) is 2.80. The Bertz CT molecular complexity index is 969. The fourth-order valence-corrected chi connectivity index (χ4v) is 2.65. The molecule has 0 spiro atoms. The molecule has 164 valence electrons. The first kappa shape index (κ1) is 24.0. The van der Waals surface area contributed by atoms with Crippen molar-refractivity contribution in [3.8, 4) is 11.8 Å². The number of amides is 2. The molecular formula is C22H23F2N3O4. The van der Waals surface area contributed by atoms with E-state index in [9.17, 15) is 18.4 Å². The fraction of sp³-hybridized carbons (Fsp3) is 0.273. The minimum absolute atomic E-state index is 0.112. The molecule has 9 heteroatoms. The molecule has 0 aliphatic carbocycles. The molecule has 0 heterocycles. The number of methoxy groups -OCH3 is 1. The Labute approximate surface area is 178 Å². The Morgan fingerprint density at radius 1 is 1.10 bits per heavy atom. The van der Waals surface area contributed by atoms with Gasteiger partial charge in [-0.05, 0) is 48.9 Å². The number of hydrogen-bond donors (Lipinski definition) is 4. The second-order valence-corrected chi connectivity index (χ2v) is 6.80. The van der Waals surface area contributed by atoms with Crippen LogP contribution in [0, 0.1) is 11.8 Å². The maximum Gasteiger partial charge on any atom is 0.269 e. The van der Waals surface area contributed by atoms with E-state index >= 15 is 0 Å². The van der Waals surface area contributed by atoms with Gasteiger partial charge in [0.25, 0.3) is 18.2 Å². The number of carbonyl (C=O) groups is 2. The molecule has 31 heavy (non-hydrogen) atoms. The van der Waals surface area contributed by atoms with E-state index in [1.165, 1.54) is 17.6 Å². The summed E-state index contributed by atoms with van der Waals surface area (Å²) in [7, 11) is 0.979. The SMILES string of the molecule is COC(C)(C(F)F)[C@H](NC(=O)c1ccc(C#Cc2ccc(CN)cc2)cc1)C(=O)NO. The third-order valence-corrected chi connectivity index (χ3v) is 4.78. The number of benzene rings is 2. The largest absolute Gasteiger partial charge is 0.370 e. The van der Waals surface area contributed by atoms with Crippen LogP contribution in [0.3, 0.4) is 0 Å². The number of alkyl halides is 2. The van der Waals surface area contributed by atoms with Crippen LogP contribution in [-0.2, 0) is 16.1 Å². The second-order valence-electron chi connectivity index (χ2n) is 6.80. The van der Waals surface area contributed by atoms with E-state index in [1.807, 2.05) is 24.3 Å². The molecule has 5 N–H and O–H groups in total. The lowest BCUT2D eigenvalue weighted by molar-refractivity contribution is -0.157. The molecule has 0 saturated carbocycles. The minimum atomic E-state index is -3.11. The Hall–Kier alpha value is -3.32. The summed E-state index contributed by atoms with van der Waals surface area (Å²) in [5, 5.41) is 11.1. The zero-order valence-electron chi connectivity index (χ0n) is 17.0. The molecule has 2 amide bonds. The van der Waals surface area contributed by atoms with Crippen LogP contribution in [0.2, 0.25) is 0 Å². The van der Waals surface area contributed by atoms with Gasteiger partial charge in [-0.3, -0.25) is 14.8 Å². The van der Waals surface area contributed by atoms with Gasteiger partial charge in [0.2, 0.25) is 0 Å². The second kappa shape index (κ2) is 10.6. The summed E-state index contributed by atoms with van der Waals surface area (Å²) in [5.74, 6) is 3.90. The van der Waals surface area contributed by atoms with Crippen LogP contribution in [0.1, 0.15) is 34.0 Å². The number of rotatable bonds is 7. The van der Waals surface area contributed by atoms with Gasteiger partial charge < -0.3 is 15.8 Å². The van der Waals surface area contributed by atoms with Crippen LogP contribution >= 0.6 is 0 Å². The Balaban J connectivity index is 2.16. The molecule has 2 aromatic carbocycles. The lowest BCUT2D eigenvalue weighted by atomic mass is 9.95. The zero-order chi connectivity index (χ0) is 23.0. The lowest BCUT2D eigenvalue weighted by Gasteiger charge is -2.34. The minimum Gasteiger partial charge on any atom is -0.370 e. The van der Waals surface area contributed by atoms with Gasteiger partial charge in [-0.1, -0.05) is 24.0 Å². The molecule has 0 bridgehead atoms. The summed E-state index contributed by atoms with van der Waals surface area (Å²) < 4.78 is 31.7. The number of carbonyl (C=O) groups excluding carboxylic acids is 2. The highest BCUT2D eigenvalue weighted by molar-refractivity contribution is 5.97. The van der Waals surface area contributed by atoms with Crippen molar-refractivity contribution < 1.29 is 28.3 Å². The Kier molecular flexibility index (Phi) is 8.22. The van der Waals surface area contributed by atoms with Gasteiger partial charge in [0.1, 0.15) is 6.04 Å². The molecule has 0 aliphatic rings. The standard InChI is InChI=1S/C22H23F2N3O4/c1-22(31-2,21(23)24)18(20(29)27-30)26-19(28)17-11-9-15(10-12-17)4-3-14-5-7-16(13-25)8-6-14/h5-12,18,21,30H,13,25H2,1-2H3,(H,26,28)(H,27,29)/t18-,22?/m1/s1. The van der Waals surface area contributed by atoms with Gasteiger partial charge >= 0.3 is 0 Å². The fourth-order valence-electron chi connectivity index (χ4n) is 2.65. The van der Waals surface area contributed by atoms with Crippen molar-refractivity contribution in [2.45, 2.75) is 31.5 Å². The number of ether oxygens (including phenoxy) is 1. The number of hydrogen-bond acceptors (Lipinski definition) is 5. The van der Waals surface area contributed by atoms with Crippen molar-refractivity contribution in [1.29, 1.82) is 0 Å². The van der Waals surface area contributed by atoms with Gasteiger partial charge in [0.15, 0.2) is 5.60 Å². The first-order valence-corrected chi connectivity index (χ1v) is 9.24. The monoisotopic (exact) mass is 431 g/mol. The summed E-state index contributed by atoms with van der Waals surface area (Å²) in [5.41, 5.74) is 7.00. The third-order valence-electron chi connectivity index (χ3n) is 4.78. The smallest absolute Gasteiger partial charge is 0.269 e. The van der Waals surface area contributed by atoms with Crippen LogP contribution < -0.4 is 16.5 Å². The van der Waals surface area contributed by atoms with Crippen LogP contribution in [0.15, 0.2) is 48.5 Å². The van der Waals surface area contributed by atoms with Crippen LogP contribution in [0.5, 0.6) is 0 Å². The first-order valence-electron chi connectivity index (χ1n) is 9.24. The zero-order valence-corrected chi connectivity index (χ0v) is 17.0. The topological polar surface area (TPSA) is 114 Å². The molecular weight excluding hydrogens is 408 g/mol. The molecule has 0 aromatic heterocycles. The molecule has 0 radical (unpaired) electrons. The average molecular weight is 431 g/mol. The van der Waals surface area contributed by atoms with Crippen molar-refractivity contribution >= 4 is 11.8 Å². The van der Waals surface area contributed by atoms with E-state index in [-0.39, 0.29) is 5.56 Å². The predicted molar refractivity (Wildman–Crippen MR) is 109 cm³/mol. The number of nitrogens with one attached hydrogen (secondary N) is 2. The van der Waals surface area contributed by atoms with E-state index in [4.69, 9.17) is 15.7 Å². The van der Waals surface area contributed by atoms with Crippen molar-refractivity contribution in [2.24, 2.45) is 5.73 Å². The van der Waals surface area contributed by atoms with Crippen molar-refractivity contribution in [2.75, 3.05) is 7.11 Å². The summed E-state index contributed by atoms with van der Waals surface area (Å²) in [6, 6.07) is 11.7. The number of halogens is 2. The van der Waals surface area contributed by atoms with Crippen molar-refractivity contribution in [1.82, 2.24) is 10.8 Å². The van der Waals surface area contributed by atoms with Gasteiger partial charge in [-0.25, -0.2) is 14.3 Å². The highest BCUT2D eigenvalue weighted by Gasteiger charge is 2.48. The van der Waals surface area contributed by atoms with Crippen LogP contribution in [0.25, 0.3) is 0 Å². The molecule has 1 unspecified atom stereocenters.